The summed E-state index contributed by atoms with van der Waals surface area (Å²) in [5.74, 6) is 0.175. The summed E-state index contributed by atoms with van der Waals surface area (Å²) in [6, 6.07) is 3.88. The minimum Gasteiger partial charge on any atom is -0.373 e. The number of nitrogens with zero attached hydrogens (tertiary/aromatic N) is 2. The summed E-state index contributed by atoms with van der Waals surface area (Å²) in [7, 11) is 0. The third kappa shape index (κ3) is 5.63. The lowest BCUT2D eigenvalue weighted by Crippen LogP contribution is -2.48. The molecular weight excluding hydrogens is 301 g/mol. The lowest BCUT2D eigenvalue weighted by Gasteiger charge is -2.32. The Bertz CT molecular complexity index is 392. The van der Waals surface area contributed by atoms with Crippen molar-refractivity contribution in [2.45, 2.75) is 18.9 Å². The zero-order valence-corrected chi connectivity index (χ0v) is 12.9. The Balaban J connectivity index is 0.00000180. The Morgan fingerprint density at radius 1 is 1.40 bits per heavy atom. The van der Waals surface area contributed by atoms with Gasteiger partial charge in [-0.05, 0) is 24.1 Å². The van der Waals surface area contributed by atoms with E-state index < -0.39 is 0 Å². The lowest BCUT2D eigenvalue weighted by atomic mass is 10.1. The van der Waals surface area contributed by atoms with E-state index in [1.165, 1.54) is 0 Å². The van der Waals surface area contributed by atoms with Gasteiger partial charge in [-0.1, -0.05) is 0 Å². The molecule has 0 spiro atoms. The first-order valence-electron chi connectivity index (χ1n) is 6.28. The van der Waals surface area contributed by atoms with Crippen molar-refractivity contribution >= 4 is 30.7 Å². The molecule has 114 valence electrons. The van der Waals surface area contributed by atoms with E-state index >= 15 is 0 Å². The number of carbonyl (C=O) groups is 1. The van der Waals surface area contributed by atoms with Crippen molar-refractivity contribution in [3.05, 3.63) is 30.1 Å². The van der Waals surface area contributed by atoms with Gasteiger partial charge in [-0.15, -0.1) is 24.8 Å². The van der Waals surface area contributed by atoms with Crippen LogP contribution in [0, 0.1) is 0 Å². The maximum atomic E-state index is 12.0. The Labute approximate surface area is 131 Å². The maximum Gasteiger partial charge on any atom is 0.223 e. The van der Waals surface area contributed by atoms with Crippen LogP contribution in [-0.4, -0.2) is 48.1 Å². The second kappa shape index (κ2) is 9.94. The number of halogens is 2. The number of amides is 1. The monoisotopic (exact) mass is 321 g/mol. The SMILES string of the molecule is Cl.Cl.NCC1CN(C(=O)CCc2ccncc2)CCO1. The molecule has 2 rings (SSSR count). The number of pyridine rings is 1. The molecule has 1 fully saturated rings. The first-order chi connectivity index (χ1) is 8.79. The molecule has 1 unspecified atom stereocenters. The van der Waals surface area contributed by atoms with E-state index in [-0.39, 0.29) is 36.8 Å². The molecule has 1 aromatic rings. The van der Waals surface area contributed by atoms with Crippen molar-refractivity contribution in [2.75, 3.05) is 26.2 Å². The molecule has 2 N–H and O–H groups in total. The van der Waals surface area contributed by atoms with Gasteiger partial charge < -0.3 is 15.4 Å². The predicted octanol–water partition coefficient (Wildman–Crippen LogP) is 1.04. The van der Waals surface area contributed by atoms with Gasteiger partial charge >= 0.3 is 0 Å². The molecule has 1 amide bonds. The number of hydrogen-bond donors (Lipinski definition) is 1. The van der Waals surface area contributed by atoms with Crippen LogP contribution in [0.5, 0.6) is 0 Å². The number of carbonyl (C=O) groups excluding carboxylic acids is 1. The van der Waals surface area contributed by atoms with Crippen LogP contribution >= 0.6 is 24.8 Å². The van der Waals surface area contributed by atoms with Crippen LogP contribution in [-0.2, 0) is 16.0 Å². The van der Waals surface area contributed by atoms with Crippen molar-refractivity contribution in [2.24, 2.45) is 5.73 Å². The van der Waals surface area contributed by atoms with Gasteiger partial charge in [-0.2, -0.15) is 0 Å². The number of nitrogens with two attached hydrogens (primary N) is 1. The van der Waals surface area contributed by atoms with Gasteiger partial charge in [0, 0.05) is 38.4 Å². The fraction of sp³-hybridized carbons (Fsp3) is 0.538. The highest BCUT2D eigenvalue weighted by molar-refractivity contribution is 5.85. The summed E-state index contributed by atoms with van der Waals surface area (Å²) < 4.78 is 5.44. The summed E-state index contributed by atoms with van der Waals surface area (Å²) in [5.41, 5.74) is 6.70. The van der Waals surface area contributed by atoms with Gasteiger partial charge in [0.25, 0.3) is 0 Å². The van der Waals surface area contributed by atoms with Gasteiger partial charge in [-0.3, -0.25) is 9.78 Å². The van der Waals surface area contributed by atoms with E-state index in [2.05, 4.69) is 4.98 Å². The topological polar surface area (TPSA) is 68.5 Å². The van der Waals surface area contributed by atoms with Crippen LogP contribution in [0.4, 0.5) is 0 Å². The minimum atomic E-state index is -0.0105. The van der Waals surface area contributed by atoms with Gasteiger partial charge in [0.15, 0.2) is 0 Å². The number of ether oxygens (including phenoxy) is 1. The standard InChI is InChI=1S/C13H19N3O2.2ClH/c14-9-12-10-16(7-8-18-12)13(17)2-1-11-3-5-15-6-4-11;;/h3-6,12H,1-2,7-10,14H2;2*1H. The van der Waals surface area contributed by atoms with E-state index in [0.29, 0.717) is 32.7 Å². The summed E-state index contributed by atoms with van der Waals surface area (Å²) in [6.45, 7) is 2.34. The number of aryl methyl sites for hydroxylation is 1. The zero-order valence-electron chi connectivity index (χ0n) is 11.2. The molecular formula is C13H21Cl2N3O2. The fourth-order valence-electron chi connectivity index (χ4n) is 2.05. The average Bonchev–Trinajstić information content (AvgIpc) is 2.46. The van der Waals surface area contributed by atoms with E-state index in [1.807, 2.05) is 17.0 Å². The first kappa shape index (κ1) is 19.1. The molecule has 20 heavy (non-hydrogen) atoms. The van der Waals surface area contributed by atoms with Gasteiger partial charge in [0.1, 0.15) is 0 Å². The summed E-state index contributed by atoms with van der Waals surface area (Å²) >= 11 is 0. The zero-order chi connectivity index (χ0) is 12.8. The maximum absolute atomic E-state index is 12.0. The van der Waals surface area contributed by atoms with Crippen LogP contribution < -0.4 is 5.73 Å². The van der Waals surface area contributed by atoms with Crippen LogP contribution in [0.25, 0.3) is 0 Å². The summed E-state index contributed by atoms with van der Waals surface area (Å²) in [4.78, 5) is 17.9. The van der Waals surface area contributed by atoms with Crippen LogP contribution in [0.1, 0.15) is 12.0 Å². The molecule has 1 aromatic heterocycles. The van der Waals surface area contributed by atoms with Crippen molar-refractivity contribution < 1.29 is 9.53 Å². The molecule has 0 saturated carbocycles. The molecule has 0 aliphatic carbocycles. The molecule has 1 atom stereocenters. The third-order valence-corrected chi connectivity index (χ3v) is 3.13. The Morgan fingerprint density at radius 3 is 2.75 bits per heavy atom. The Kier molecular flexibility index (Phi) is 9.50. The van der Waals surface area contributed by atoms with E-state index in [1.54, 1.807) is 12.4 Å². The molecule has 0 radical (unpaired) electrons. The second-order valence-electron chi connectivity index (χ2n) is 4.42. The largest absolute Gasteiger partial charge is 0.373 e. The highest BCUT2D eigenvalue weighted by Gasteiger charge is 2.22. The second-order valence-corrected chi connectivity index (χ2v) is 4.42. The number of rotatable bonds is 4. The molecule has 0 bridgehead atoms. The van der Waals surface area contributed by atoms with E-state index in [0.717, 1.165) is 12.0 Å². The lowest BCUT2D eigenvalue weighted by molar-refractivity contribution is -0.138. The van der Waals surface area contributed by atoms with Crippen LogP contribution in [0.2, 0.25) is 0 Å². The highest BCUT2D eigenvalue weighted by atomic mass is 35.5. The number of morpholine rings is 1. The molecule has 1 saturated heterocycles. The summed E-state index contributed by atoms with van der Waals surface area (Å²) in [6.07, 6.45) is 4.77. The predicted molar refractivity (Wildman–Crippen MR) is 82.4 cm³/mol. The Morgan fingerprint density at radius 2 is 2.10 bits per heavy atom. The highest BCUT2D eigenvalue weighted by Crippen LogP contribution is 2.08. The normalized spacial score (nSPS) is 17.9. The molecule has 0 aromatic carbocycles. The average molecular weight is 322 g/mol. The molecule has 5 nitrogen and oxygen atoms in total. The van der Waals surface area contributed by atoms with Crippen molar-refractivity contribution in [3.63, 3.8) is 0 Å². The van der Waals surface area contributed by atoms with Crippen molar-refractivity contribution in [1.82, 2.24) is 9.88 Å². The molecule has 2 heterocycles. The van der Waals surface area contributed by atoms with E-state index in [4.69, 9.17) is 10.5 Å². The summed E-state index contributed by atoms with van der Waals surface area (Å²) in [5, 5.41) is 0. The third-order valence-electron chi connectivity index (χ3n) is 3.13. The molecule has 1 aliphatic rings. The number of hydrogen-bond acceptors (Lipinski definition) is 4. The number of aromatic nitrogens is 1. The Hall–Kier alpha value is -0.880. The van der Waals surface area contributed by atoms with Crippen LogP contribution in [0.3, 0.4) is 0 Å². The van der Waals surface area contributed by atoms with Gasteiger partial charge in [0.2, 0.25) is 5.91 Å². The van der Waals surface area contributed by atoms with E-state index in [9.17, 15) is 4.79 Å². The smallest absolute Gasteiger partial charge is 0.223 e. The molecule has 1 aliphatic heterocycles. The van der Waals surface area contributed by atoms with Crippen LogP contribution in [0.15, 0.2) is 24.5 Å². The minimum absolute atomic E-state index is 0. The van der Waals surface area contributed by atoms with Crippen molar-refractivity contribution in [1.29, 1.82) is 0 Å². The van der Waals surface area contributed by atoms with Crippen molar-refractivity contribution in [3.8, 4) is 0 Å². The van der Waals surface area contributed by atoms with Gasteiger partial charge in [-0.25, -0.2) is 0 Å². The quantitative estimate of drug-likeness (QED) is 0.899. The molecule has 7 heteroatoms. The van der Waals surface area contributed by atoms with Gasteiger partial charge in [0.05, 0.1) is 12.7 Å². The fourth-order valence-corrected chi connectivity index (χ4v) is 2.05. The first-order valence-corrected chi connectivity index (χ1v) is 6.28.